The quantitative estimate of drug-likeness (QED) is 0.688. The van der Waals surface area contributed by atoms with Gasteiger partial charge < -0.3 is 4.90 Å². The summed E-state index contributed by atoms with van der Waals surface area (Å²) in [5.74, 6) is 2.17. The Bertz CT molecular complexity index is 653. The lowest BCUT2D eigenvalue weighted by molar-refractivity contribution is 0.0763. The van der Waals surface area contributed by atoms with Crippen molar-refractivity contribution in [1.29, 1.82) is 0 Å². The van der Waals surface area contributed by atoms with Crippen LogP contribution in [0.5, 0.6) is 0 Å². The fourth-order valence-corrected chi connectivity index (χ4v) is 4.94. The van der Waals surface area contributed by atoms with Gasteiger partial charge in [0.25, 0.3) is 5.91 Å². The number of hydrogen-bond acceptors (Lipinski definition) is 4. The first-order chi connectivity index (χ1) is 12.7. The Balaban J connectivity index is 1.87. The number of thioether (sulfide) groups is 1. The van der Waals surface area contributed by atoms with Crippen LogP contribution >= 0.6 is 11.8 Å². The first kappa shape index (κ1) is 19.2. The Labute approximate surface area is 161 Å². The van der Waals surface area contributed by atoms with Gasteiger partial charge in [0, 0.05) is 61.5 Å². The van der Waals surface area contributed by atoms with Crippen molar-refractivity contribution in [3.05, 3.63) is 42.3 Å². The van der Waals surface area contributed by atoms with Crippen molar-refractivity contribution in [1.82, 2.24) is 19.6 Å². The summed E-state index contributed by atoms with van der Waals surface area (Å²) in [6.45, 7) is 14.1. The van der Waals surface area contributed by atoms with Gasteiger partial charge in [-0.3, -0.25) is 14.4 Å². The first-order valence-corrected chi connectivity index (χ1v) is 10.8. The molecule has 26 heavy (non-hydrogen) atoms. The first-order valence-electron chi connectivity index (χ1n) is 9.61. The highest BCUT2D eigenvalue weighted by molar-refractivity contribution is 7.99. The minimum Gasteiger partial charge on any atom is -0.336 e. The number of carbonyl (C=O) groups is 1. The molecule has 5 nitrogen and oxygen atoms in total. The van der Waals surface area contributed by atoms with Crippen molar-refractivity contribution in [3.63, 3.8) is 0 Å². The summed E-state index contributed by atoms with van der Waals surface area (Å²) in [5, 5.41) is 4.73. The largest absolute Gasteiger partial charge is 0.336 e. The topological polar surface area (TPSA) is 41.4 Å². The Hall–Kier alpha value is -1.53. The maximum Gasteiger partial charge on any atom is 0.274 e. The highest BCUT2D eigenvalue weighted by Gasteiger charge is 2.32. The van der Waals surface area contributed by atoms with Crippen LogP contribution in [0.2, 0.25) is 0 Å². The SMILES string of the molecule is C=CCN(CC=C)C1CCc2c(c(C(=O)N3CCSCC3)nn2CC)C1. The van der Waals surface area contributed by atoms with Crippen LogP contribution in [-0.2, 0) is 19.4 Å². The molecule has 3 rings (SSSR count). The van der Waals surface area contributed by atoms with E-state index in [1.54, 1.807) is 0 Å². The zero-order chi connectivity index (χ0) is 18.5. The van der Waals surface area contributed by atoms with Gasteiger partial charge in [0.15, 0.2) is 5.69 Å². The molecule has 2 aliphatic rings. The fourth-order valence-electron chi connectivity index (χ4n) is 4.03. The number of carbonyl (C=O) groups excluding carboxylic acids is 1. The lowest BCUT2D eigenvalue weighted by Crippen LogP contribution is -2.41. The van der Waals surface area contributed by atoms with Gasteiger partial charge in [0.1, 0.15) is 0 Å². The van der Waals surface area contributed by atoms with Gasteiger partial charge in [-0.25, -0.2) is 0 Å². The summed E-state index contributed by atoms with van der Waals surface area (Å²) < 4.78 is 2.04. The van der Waals surface area contributed by atoms with Crippen LogP contribution in [-0.4, -0.2) is 69.2 Å². The van der Waals surface area contributed by atoms with Crippen LogP contribution < -0.4 is 0 Å². The Morgan fingerprint density at radius 2 is 2.00 bits per heavy atom. The zero-order valence-electron chi connectivity index (χ0n) is 15.8. The van der Waals surface area contributed by atoms with Gasteiger partial charge in [-0.15, -0.1) is 13.2 Å². The minimum absolute atomic E-state index is 0.119. The summed E-state index contributed by atoms with van der Waals surface area (Å²) in [7, 11) is 0. The number of aryl methyl sites for hydroxylation is 1. The Morgan fingerprint density at radius 1 is 1.31 bits per heavy atom. The molecule has 0 bridgehead atoms. The molecule has 1 unspecified atom stereocenters. The summed E-state index contributed by atoms with van der Waals surface area (Å²) in [4.78, 5) is 17.5. The van der Waals surface area contributed by atoms with E-state index in [-0.39, 0.29) is 5.91 Å². The van der Waals surface area contributed by atoms with E-state index < -0.39 is 0 Å². The summed E-state index contributed by atoms with van der Waals surface area (Å²) in [6, 6.07) is 0.413. The monoisotopic (exact) mass is 374 g/mol. The molecule has 0 aromatic carbocycles. The lowest BCUT2D eigenvalue weighted by Gasteiger charge is -2.33. The average Bonchev–Trinajstić information content (AvgIpc) is 3.06. The third-order valence-corrected chi connectivity index (χ3v) is 6.31. The number of nitrogens with zero attached hydrogens (tertiary/aromatic N) is 4. The molecule has 6 heteroatoms. The van der Waals surface area contributed by atoms with Gasteiger partial charge in [-0.2, -0.15) is 16.9 Å². The molecule has 0 saturated carbocycles. The number of amides is 1. The molecule has 1 aromatic rings. The van der Waals surface area contributed by atoms with E-state index in [0.29, 0.717) is 11.7 Å². The number of rotatable bonds is 7. The van der Waals surface area contributed by atoms with Crippen molar-refractivity contribution in [2.45, 2.75) is 38.8 Å². The average molecular weight is 375 g/mol. The van der Waals surface area contributed by atoms with Crippen LogP contribution in [0, 0.1) is 0 Å². The smallest absolute Gasteiger partial charge is 0.274 e. The van der Waals surface area contributed by atoms with Gasteiger partial charge in [0.05, 0.1) is 0 Å². The second-order valence-corrected chi connectivity index (χ2v) is 8.15. The van der Waals surface area contributed by atoms with Crippen LogP contribution in [0.4, 0.5) is 0 Å². The maximum absolute atomic E-state index is 13.1. The Morgan fingerprint density at radius 3 is 2.62 bits per heavy atom. The Kier molecular flexibility index (Phi) is 6.59. The van der Waals surface area contributed by atoms with E-state index in [4.69, 9.17) is 5.10 Å². The third kappa shape index (κ3) is 3.91. The van der Waals surface area contributed by atoms with Crippen molar-refractivity contribution in [2.75, 3.05) is 37.7 Å². The van der Waals surface area contributed by atoms with Crippen molar-refractivity contribution >= 4 is 17.7 Å². The molecule has 0 N–H and O–H groups in total. The molecule has 1 fully saturated rings. The van der Waals surface area contributed by atoms with Crippen molar-refractivity contribution < 1.29 is 4.79 Å². The third-order valence-electron chi connectivity index (χ3n) is 5.36. The van der Waals surface area contributed by atoms with E-state index in [1.807, 2.05) is 33.5 Å². The molecule has 0 spiro atoms. The molecule has 1 amide bonds. The van der Waals surface area contributed by atoms with Crippen molar-refractivity contribution in [2.24, 2.45) is 0 Å². The molecule has 0 radical (unpaired) electrons. The zero-order valence-corrected chi connectivity index (χ0v) is 16.6. The molecular formula is C20H30N4OS. The van der Waals surface area contributed by atoms with Gasteiger partial charge >= 0.3 is 0 Å². The summed E-state index contributed by atoms with van der Waals surface area (Å²) in [6.07, 6.45) is 6.86. The van der Waals surface area contributed by atoms with E-state index in [9.17, 15) is 4.79 Å². The summed E-state index contributed by atoms with van der Waals surface area (Å²) in [5.41, 5.74) is 3.12. The van der Waals surface area contributed by atoms with E-state index in [1.165, 1.54) is 11.3 Å². The molecule has 1 saturated heterocycles. The lowest BCUT2D eigenvalue weighted by atomic mass is 9.90. The van der Waals surface area contributed by atoms with Crippen LogP contribution in [0.1, 0.15) is 35.1 Å². The van der Waals surface area contributed by atoms with E-state index >= 15 is 0 Å². The molecule has 2 heterocycles. The van der Waals surface area contributed by atoms with E-state index in [2.05, 4.69) is 25.0 Å². The molecule has 1 atom stereocenters. The fraction of sp³-hybridized carbons (Fsp3) is 0.600. The minimum atomic E-state index is 0.119. The summed E-state index contributed by atoms with van der Waals surface area (Å²) >= 11 is 1.92. The standard InChI is InChI=1S/C20H30N4OS/c1-4-9-22(10-5-2)16-7-8-18-17(15-16)19(21-24(18)6-3)20(25)23-11-13-26-14-12-23/h4-5,16H,1-2,6-15H2,3H3. The normalized spacial score (nSPS) is 20.1. The maximum atomic E-state index is 13.1. The van der Waals surface area contributed by atoms with Gasteiger partial charge in [0.2, 0.25) is 0 Å². The van der Waals surface area contributed by atoms with Crippen LogP contribution in [0.15, 0.2) is 25.3 Å². The molecule has 142 valence electrons. The highest BCUT2D eigenvalue weighted by atomic mass is 32.2. The molecule has 1 aliphatic carbocycles. The molecule has 1 aliphatic heterocycles. The predicted octanol–water partition coefficient (Wildman–Crippen LogP) is 2.62. The molecule has 1 aromatic heterocycles. The van der Waals surface area contributed by atoms with E-state index in [0.717, 1.165) is 63.5 Å². The van der Waals surface area contributed by atoms with Gasteiger partial charge in [-0.05, 0) is 26.2 Å². The number of aromatic nitrogens is 2. The highest BCUT2D eigenvalue weighted by Crippen LogP contribution is 2.29. The molecular weight excluding hydrogens is 344 g/mol. The second kappa shape index (κ2) is 8.91. The van der Waals surface area contributed by atoms with Crippen LogP contribution in [0.3, 0.4) is 0 Å². The van der Waals surface area contributed by atoms with Gasteiger partial charge in [-0.1, -0.05) is 12.2 Å². The number of fused-ring (bicyclic) bond motifs is 1. The van der Waals surface area contributed by atoms with Crippen LogP contribution in [0.25, 0.3) is 0 Å². The second-order valence-electron chi connectivity index (χ2n) is 6.92. The number of hydrogen-bond donors (Lipinski definition) is 0. The van der Waals surface area contributed by atoms with Crippen molar-refractivity contribution in [3.8, 4) is 0 Å². The predicted molar refractivity (Wildman–Crippen MR) is 109 cm³/mol.